The second kappa shape index (κ2) is 13.8. The van der Waals surface area contributed by atoms with E-state index in [2.05, 4.69) is 38.8 Å². The summed E-state index contributed by atoms with van der Waals surface area (Å²) < 4.78 is 6.52. The molecule has 0 unspecified atom stereocenters. The summed E-state index contributed by atoms with van der Waals surface area (Å²) in [6, 6.07) is 19.7. The van der Waals surface area contributed by atoms with Gasteiger partial charge in [-0.2, -0.15) is 0 Å². The van der Waals surface area contributed by atoms with Crippen molar-refractivity contribution in [2.24, 2.45) is 0 Å². The third-order valence-electron chi connectivity index (χ3n) is 5.47. The van der Waals surface area contributed by atoms with Crippen LogP contribution in [0.15, 0.2) is 71.2 Å². The van der Waals surface area contributed by atoms with Crippen molar-refractivity contribution < 1.29 is 14.3 Å². The molecular formula is C28H30BrN3O3S. The van der Waals surface area contributed by atoms with Crippen molar-refractivity contribution in [3.63, 3.8) is 0 Å². The third-order valence-corrected chi connectivity index (χ3v) is 6.29. The second-order valence-electron chi connectivity index (χ2n) is 8.31. The van der Waals surface area contributed by atoms with Gasteiger partial charge in [-0.1, -0.05) is 44.4 Å². The number of aryl methyl sites for hydroxylation is 1. The lowest BCUT2D eigenvalue weighted by Crippen LogP contribution is -2.34. The number of ether oxygens (including phenoxy) is 1. The van der Waals surface area contributed by atoms with Crippen molar-refractivity contribution in [2.75, 3.05) is 17.2 Å². The van der Waals surface area contributed by atoms with Crippen molar-refractivity contribution >= 4 is 56.4 Å². The second-order valence-corrected chi connectivity index (χ2v) is 9.57. The number of anilines is 2. The molecular weight excluding hydrogens is 538 g/mol. The summed E-state index contributed by atoms with van der Waals surface area (Å²) in [6.07, 6.45) is 4.53. The summed E-state index contributed by atoms with van der Waals surface area (Å²) in [4.78, 5) is 25.1. The summed E-state index contributed by atoms with van der Waals surface area (Å²) in [5.74, 6) is 0.207. The number of benzene rings is 3. The van der Waals surface area contributed by atoms with Gasteiger partial charge in [0, 0.05) is 22.5 Å². The highest BCUT2D eigenvalue weighted by molar-refractivity contribution is 9.10. The van der Waals surface area contributed by atoms with Crippen LogP contribution in [0.2, 0.25) is 0 Å². The Labute approximate surface area is 226 Å². The van der Waals surface area contributed by atoms with Gasteiger partial charge < -0.3 is 15.4 Å². The van der Waals surface area contributed by atoms with Gasteiger partial charge >= 0.3 is 0 Å². The van der Waals surface area contributed by atoms with Crippen LogP contribution < -0.4 is 20.7 Å². The van der Waals surface area contributed by atoms with E-state index in [0.29, 0.717) is 39.3 Å². The van der Waals surface area contributed by atoms with Crippen molar-refractivity contribution in [1.82, 2.24) is 5.32 Å². The molecule has 0 aromatic heterocycles. The number of amides is 2. The van der Waals surface area contributed by atoms with Crippen molar-refractivity contribution in [3.05, 3.63) is 87.9 Å². The fourth-order valence-electron chi connectivity index (χ4n) is 3.47. The van der Waals surface area contributed by atoms with Gasteiger partial charge in [-0.25, -0.2) is 0 Å². The topological polar surface area (TPSA) is 79.5 Å². The first-order valence-electron chi connectivity index (χ1n) is 11.9. The fourth-order valence-corrected chi connectivity index (χ4v) is 4.17. The molecule has 0 saturated heterocycles. The Balaban J connectivity index is 1.50. The Bertz CT molecular complexity index is 1210. The highest BCUT2D eigenvalue weighted by Crippen LogP contribution is 2.26. The van der Waals surface area contributed by atoms with Crippen molar-refractivity contribution in [2.45, 2.75) is 39.5 Å². The first kappa shape index (κ1) is 27.4. The Morgan fingerprint density at radius 1 is 0.889 bits per heavy atom. The van der Waals surface area contributed by atoms with Gasteiger partial charge in [0.2, 0.25) is 0 Å². The molecule has 0 saturated carbocycles. The molecule has 3 aromatic rings. The van der Waals surface area contributed by atoms with Crippen LogP contribution in [0.3, 0.4) is 0 Å². The highest BCUT2D eigenvalue weighted by atomic mass is 79.9. The summed E-state index contributed by atoms with van der Waals surface area (Å²) >= 11 is 8.77. The van der Waals surface area contributed by atoms with Crippen LogP contribution in [0.1, 0.15) is 58.9 Å². The van der Waals surface area contributed by atoms with Gasteiger partial charge in [-0.05, 0) is 95.6 Å². The average Bonchev–Trinajstić information content (AvgIpc) is 2.86. The van der Waals surface area contributed by atoms with Crippen LogP contribution >= 0.6 is 28.1 Å². The Morgan fingerprint density at radius 3 is 2.25 bits per heavy atom. The molecule has 0 spiro atoms. The van der Waals surface area contributed by atoms with Crippen LogP contribution in [0, 0.1) is 6.92 Å². The Hall–Kier alpha value is -3.23. The average molecular weight is 569 g/mol. The normalized spacial score (nSPS) is 10.4. The molecule has 0 fully saturated rings. The van der Waals surface area contributed by atoms with E-state index in [1.807, 2.05) is 25.1 Å². The monoisotopic (exact) mass is 567 g/mol. The number of halogens is 1. The zero-order valence-electron chi connectivity index (χ0n) is 20.4. The molecule has 0 aliphatic rings. The summed E-state index contributed by atoms with van der Waals surface area (Å²) in [5, 5.41) is 8.72. The molecule has 3 N–H and O–H groups in total. The quantitative estimate of drug-likeness (QED) is 0.180. The zero-order valence-corrected chi connectivity index (χ0v) is 22.8. The largest absolute Gasteiger partial charge is 0.492 e. The van der Waals surface area contributed by atoms with E-state index >= 15 is 0 Å². The number of carbonyl (C=O) groups excluding carboxylic acids is 2. The number of rotatable bonds is 10. The van der Waals surface area contributed by atoms with Crippen LogP contribution in [0.4, 0.5) is 11.4 Å². The van der Waals surface area contributed by atoms with Crippen LogP contribution in [-0.4, -0.2) is 23.5 Å². The van der Waals surface area contributed by atoms with E-state index in [-0.39, 0.29) is 16.9 Å². The lowest BCUT2D eigenvalue weighted by atomic mass is 10.1. The molecule has 0 aliphatic carbocycles. The van der Waals surface area contributed by atoms with Gasteiger partial charge in [0.1, 0.15) is 5.75 Å². The Kier molecular flexibility index (Phi) is 10.5. The predicted octanol–water partition coefficient (Wildman–Crippen LogP) is 7.10. The molecule has 3 aromatic carbocycles. The maximum Gasteiger partial charge on any atom is 0.257 e. The summed E-state index contributed by atoms with van der Waals surface area (Å²) in [6.45, 7) is 4.72. The van der Waals surface area contributed by atoms with E-state index in [4.69, 9.17) is 17.0 Å². The van der Waals surface area contributed by atoms with Gasteiger partial charge in [-0.15, -0.1) is 0 Å². The van der Waals surface area contributed by atoms with Crippen molar-refractivity contribution in [1.29, 1.82) is 0 Å². The molecule has 0 atom stereocenters. The fraction of sp³-hybridized carbons (Fsp3) is 0.250. The number of hydrogen-bond donors (Lipinski definition) is 3. The van der Waals surface area contributed by atoms with Crippen LogP contribution in [0.5, 0.6) is 5.75 Å². The van der Waals surface area contributed by atoms with Gasteiger partial charge in [0.25, 0.3) is 11.8 Å². The Morgan fingerprint density at radius 2 is 1.58 bits per heavy atom. The molecule has 188 valence electrons. The minimum Gasteiger partial charge on any atom is -0.492 e. The molecule has 0 radical (unpaired) electrons. The standard InChI is InChI=1S/C28H30BrN3O3S/c1-3-4-5-8-17-35-25-16-11-20(18-24(25)29)26(33)32-28(36)31-22-14-12-21(13-15-22)30-27(34)23-10-7-6-9-19(23)2/h6-7,9-16,18H,3-5,8,17H2,1-2H3,(H,30,34)(H2,31,32,33,36). The first-order valence-corrected chi connectivity index (χ1v) is 13.1. The first-order chi connectivity index (χ1) is 17.4. The maximum atomic E-state index is 12.6. The molecule has 2 amide bonds. The van der Waals surface area contributed by atoms with Gasteiger partial charge in [-0.3, -0.25) is 14.9 Å². The molecule has 0 heterocycles. The van der Waals surface area contributed by atoms with E-state index in [9.17, 15) is 9.59 Å². The number of unbranched alkanes of at least 4 members (excludes halogenated alkanes) is 3. The van der Waals surface area contributed by atoms with E-state index in [1.165, 1.54) is 12.8 Å². The predicted molar refractivity (Wildman–Crippen MR) is 153 cm³/mol. The van der Waals surface area contributed by atoms with Crippen molar-refractivity contribution in [3.8, 4) is 5.75 Å². The van der Waals surface area contributed by atoms with Gasteiger partial charge in [0.15, 0.2) is 5.11 Å². The van der Waals surface area contributed by atoms with Gasteiger partial charge in [0.05, 0.1) is 11.1 Å². The molecule has 0 bridgehead atoms. The van der Waals surface area contributed by atoms with E-state index < -0.39 is 0 Å². The lowest BCUT2D eigenvalue weighted by molar-refractivity contribution is 0.0976. The van der Waals surface area contributed by atoms with Crippen LogP contribution in [0.25, 0.3) is 0 Å². The smallest absolute Gasteiger partial charge is 0.257 e. The molecule has 3 rings (SSSR count). The zero-order chi connectivity index (χ0) is 25.9. The summed E-state index contributed by atoms with van der Waals surface area (Å²) in [7, 11) is 0. The van der Waals surface area contributed by atoms with Crippen LogP contribution in [-0.2, 0) is 0 Å². The lowest BCUT2D eigenvalue weighted by Gasteiger charge is -2.12. The minimum absolute atomic E-state index is 0.170. The number of hydrogen-bond acceptors (Lipinski definition) is 4. The number of nitrogens with one attached hydrogen (secondary N) is 3. The molecule has 8 heteroatoms. The SMILES string of the molecule is CCCCCCOc1ccc(C(=O)NC(=S)Nc2ccc(NC(=O)c3ccccc3C)cc2)cc1Br. The maximum absolute atomic E-state index is 12.6. The molecule has 36 heavy (non-hydrogen) atoms. The number of carbonyl (C=O) groups is 2. The third kappa shape index (κ3) is 8.17. The molecule has 0 aliphatic heterocycles. The number of thiocarbonyl (C=S) groups is 1. The molecule has 6 nitrogen and oxygen atoms in total. The van der Waals surface area contributed by atoms with E-state index in [0.717, 1.165) is 18.4 Å². The minimum atomic E-state index is -0.329. The summed E-state index contributed by atoms with van der Waals surface area (Å²) in [5.41, 5.74) is 3.33. The van der Waals surface area contributed by atoms with E-state index in [1.54, 1.807) is 48.5 Å². The highest BCUT2D eigenvalue weighted by Gasteiger charge is 2.12.